The van der Waals surface area contributed by atoms with Gasteiger partial charge in [0.05, 0.1) is 13.1 Å². The summed E-state index contributed by atoms with van der Waals surface area (Å²) in [5.74, 6) is 0. The number of rotatable bonds is 15. The maximum Gasteiger partial charge on any atom is 0.244 e. The van der Waals surface area contributed by atoms with Gasteiger partial charge in [0, 0.05) is 0 Å². The lowest BCUT2D eigenvalue weighted by atomic mass is 10.1. The van der Waals surface area contributed by atoms with Gasteiger partial charge in [-0.1, -0.05) is 98.5 Å². The van der Waals surface area contributed by atoms with Gasteiger partial charge in [0.1, 0.15) is 37.9 Å². The normalized spacial score (nSPS) is 11.0. The van der Waals surface area contributed by atoms with Crippen LogP contribution in [0.15, 0.2) is 122 Å². The Labute approximate surface area is 283 Å². The molecule has 0 amide bonds. The molecule has 6 heteroatoms. The summed E-state index contributed by atoms with van der Waals surface area (Å²) in [6, 6.07) is 30.7. The summed E-state index contributed by atoms with van der Waals surface area (Å²) < 4.78 is 9.27. The molecular weight excluding hydrogens is 672 g/mol. The molecule has 0 aliphatic carbocycles. The second kappa shape index (κ2) is 17.3. The minimum absolute atomic E-state index is 0. The van der Waals surface area contributed by atoms with Crippen LogP contribution in [0.1, 0.15) is 62.5 Å². The molecule has 2 heterocycles. The summed E-state index contributed by atoms with van der Waals surface area (Å²) in [4.78, 5) is 0. The second-order valence-corrected chi connectivity index (χ2v) is 11.8. The minimum Gasteiger partial charge on any atom is -1.00 e. The molecule has 44 heavy (non-hydrogen) atoms. The fourth-order valence-electron chi connectivity index (χ4n) is 6.07. The third-order valence-corrected chi connectivity index (χ3v) is 8.43. The van der Waals surface area contributed by atoms with E-state index in [9.17, 15) is 0 Å². The van der Waals surface area contributed by atoms with Crippen molar-refractivity contribution in [2.24, 2.45) is 0 Å². The summed E-state index contributed by atoms with van der Waals surface area (Å²) in [5.41, 5.74) is 2.70. The third-order valence-electron chi connectivity index (χ3n) is 8.43. The first-order chi connectivity index (χ1) is 20.8. The highest BCUT2D eigenvalue weighted by atomic mass is 79.9. The van der Waals surface area contributed by atoms with Crippen molar-refractivity contribution >= 4 is 21.5 Å². The molecule has 0 spiro atoms. The van der Waals surface area contributed by atoms with E-state index in [0.29, 0.717) is 0 Å². The predicted octanol–water partition coefficient (Wildman–Crippen LogP) is 2.10. The van der Waals surface area contributed by atoms with Crippen LogP contribution in [0.25, 0.3) is 21.5 Å². The highest BCUT2D eigenvalue weighted by Gasteiger charge is 2.07. The van der Waals surface area contributed by atoms with Gasteiger partial charge in [-0.2, -0.15) is 0 Å². The van der Waals surface area contributed by atoms with Gasteiger partial charge >= 0.3 is 0 Å². The summed E-state index contributed by atoms with van der Waals surface area (Å²) >= 11 is 0. The zero-order valence-corrected chi connectivity index (χ0v) is 28.7. The van der Waals surface area contributed by atoms with E-state index in [4.69, 9.17) is 0 Å². The Hall–Kier alpha value is -3.22. The van der Waals surface area contributed by atoms with Crippen molar-refractivity contribution in [3.63, 3.8) is 0 Å². The minimum atomic E-state index is 0. The summed E-state index contributed by atoms with van der Waals surface area (Å²) in [6.45, 7) is 4.08. The molecule has 0 N–H and O–H groups in total. The SMILES string of the molecule is [Br-].[Br-].c1ccc2cc(C[n+]3ccn(CCCCCCCCCCn4cc[n+](Cc5ccc6ccccc6c5)c4)c3)ccc2c1. The molecule has 0 aliphatic rings. The van der Waals surface area contributed by atoms with Gasteiger partial charge in [-0.25, -0.2) is 18.3 Å². The van der Waals surface area contributed by atoms with Crippen molar-refractivity contribution in [3.8, 4) is 0 Å². The number of hydrogen-bond acceptors (Lipinski definition) is 0. The van der Waals surface area contributed by atoms with E-state index in [1.165, 1.54) is 84.0 Å². The lowest BCUT2D eigenvalue weighted by molar-refractivity contribution is -0.688. The van der Waals surface area contributed by atoms with E-state index in [1.807, 2.05) is 0 Å². The summed E-state index contributed by atoms with van der Waals surface area (Å²) in [5, 5.41) is 5.25. The Morgan fingerprint density at radius 3 is 1.25 bits per heavy atom. The van der Waals surface area contributed by atoms with Crippen LogP contribution in [0.3, 0.4) is 0 Å². The number of fused-ring (bicyclic) bond motifs is 2. The van der Waals surface area contributed by atoms with Crippen LogP contribution in [0.4, 0.5) is 0 Å². The van der Waals surface area contributed by atoms with Crippen LogP contribution in [-0.4, -0.2) is 9.13 Å². The number of unbranched alkanes of at least 4 members (excludes halogenated alkanes) is 7. The number of aryl methyl sites for hydroxylation is 2. The van der Waals surface area contributed by atoms with E-state index in [0.717, 1.165) is 26.2 Å². The van der Waals surface area contributed by atoms with Crippen molar-refractivity contribution in [1.29, 1.82) is 0 Å². The summed E-state index contributed by atoms with van der Waals surface area (Å²) in [6.07, 6.45) is 24.0. The smallest absolute Gasteiger partial charge is 0.244 e. The molecule has 6 rings (SSSR count). The quantitative estimate of drug-likeness (QED) is 0.115. The molecule has 6 aromatic rings. The van der Waals surface area contributed by atoms with Crippen LogP contribution in [-0.2, 0) is 26.2 Å². The van der Waals surface area contributed by atoms with Gasteiger partial charge in [-0.15, -0.1) is 0 Å². The zero-order chi connectivity index (χ0) is 28.4. The Morgan fingerprint density at radius 1 is 0.432 bits per heavy atom. The molecule has 0 saturated heterocycles. The van der Waals surface area contributed by atoms with Crippen molar-refractivity contribution in [1.82, 2.24) is 9.13 Å². The molecule has 0 atom stereocenters. The van der Waals surface area contributed by atoms with Gasteiger partial charge in [-0.05, 0) is 70.5 Å². The molecule has 0 radical (unpaired) electrons. The van der Waals surface area contributed by atoms with Crippen molar-refractivity contribution in [3.05, 3.63) is 133 Å². The monoisotopic (exact) mass is 714 g/mol. The third kappa shape index (κ3) is 9.64. The standard InChI is InChI=1S/C38H44N4.2BrH/c1(3-5-11-21-39-23-25-41(31-39)29-33-17-19-35-13-7-9-15-37(35)27-33)2-4-6-12-22-40-24-26-42(32-40)30-34-18-20-36-14-8-10-16-38(36)28-34;;/h7-10,13-20,23-28,31-32H,1-6,11-12,21-22,29-30H2;2*1H/q+2;;/p-2. The molecule has 0 unspecified atom stereocenters. The average molecular weight is 717 g/mol. The number of aromatic nitrogens is 4. The molecule has 0 saturated carbocycles. The Kier molecular flexibility index (Phi) is 13.2. The number of hydrogen-bond donors (Lipinski definition) is 0. The zero-order valence-electron chi connectivity index (χ0n) is 25.6. The van der Waals surface area contributed by atoms with Gasteiger partial charge in [0.25, 0.3) is 0 Å². The highest BCUT2D eigenvalue weighted by molar-refractivity contribution is 5.83. The average Bonchev–Trinajstić information content (AvgIpc) is 3.67. The molecule has 0 fully saturated rings. The molecule has 4 aromatic carbocycles. The number of nitrogens with zero attached hydrogens (tertiary/aromatic N) is 4. The first-order valence-corrected chi connectivity index (χ1v) is 15.8. The molecular formula is C38H44Br2N4. The Balaban J connectivity index is 0.00000221. The van der Waals surface area contributed by atoms with Crippen LogP contribution in [0.2, 0.25) is 0 Å². The fourth-order valence-corrected chi connectivity index (χ4v) is 6.07. The molecule has 4 nitrogen and oxygen atoms in total. The maximum absolute atomic E-state index is 2.34. The lowest BCUT2D eigenvalue weighted by Gasteiger charge is -2.02. The van der Waals surface area contributed by atoms with Crippen LogP contribution in [0.5, 0.6) is 0 Å². The molecule has 230 valence electrons. The van der Waals surface area contributed by atoms with Crippen molar-refractivity contribution < 1.29 is 43.1 Å². The van der Waals surface area contributed by atoms with E-state index >= 15 is 0 Å². The van der Waals surface area contributed by atoms with Gasteiger partial charge in [0.15, 0.2) is 0 Å². The van der Waals surface area contributed by atoms with E-state index in [1.54, 1.807) is 0 Å². The number of halogens is 2. The topological polar surface area (TPSA) is 17.6 Å². The van der Waals surface area contributed by atoms with Crippen LogP contribution < -0.4 is 43.1 Å². The Bertz CT molecular complexity index is 1590. The lowest BCUT2D eigenvalue weighted by Crippen LogP contribution is -3.00. The van der Waals surface area contributed by atoms with Crippen LogP contribution >= 0.6 is 0 Å². The van der Waals surface area contributed by atoms with Crippen LogP contribution in [0, 0.1) is 0 Å². The van der Waals surface area contributed by atoms with Gasteiger partial charge in [-0.3, -0.25) is 0 Å². The number of benzene rings is 4. The van der Waals surface area contributed by atoms with E-state index in [2.05, 4.69) is 141 Å². The van der Waals surface area contributed by atoms with Gasteiger partial charge < -0.3 is 34.0 Å². The maximum atomic E-state index is 2.34. The van der Waals surface area contributed by atoms with Crippen molar-refractivity contribution in [2.45, 2.75) is 77.5 Å². The Morgan fingerprint density at radius 2 is 0.818 bits per heavy atom. The van der Waals surface area contributed by atoms with Gasteiger partial charge in [0.2, 0.25) is 12.7 Å². The largest absolute Gasteiger partial charge is 1.00 e. The summed E-state index contributed by atoms with van der Waals surface area (Å²) in [7, 11) is 0. The first kappa shape index (κ1) is 33.7. The highest BCUT2D eigenvalue weighted by Crippen LogP contribution is 2.17. The number of imidazole rings is 2. The first-order valence-electron chi connectivity index (χ1n) is 15.8. The fraction of sp³-hybridized carbons (Fsp3) is 0.316. The predicted molar refractivity (Wildman–Crippen MR) is 172 cm³/mol. The van der Waals surface area contributed by atoms with E-state index < -0.39 is 0 Å². The van der Waals surface area contributed by atoms with Crippen molar-refractivity contribution in [2.75, 3.05) is 0 Å². The molecule has 0 aliphatic heterocycles. The second-order valence-electron chi connectivity index (χ2n) is 11.8. The van der Waals surface area contributed by atoms with E-state index in [-0.39, 0.29) is 34.0 Å². The molecule has 0 bridgehead atoms. The molecule has 2 aromatic heterocycles.